The number of halogens is 3. The molecule has 154 valence electrons. The molecule has 0 aliphatic carbocycles. The highest BCUT2D eigenvalue weighted by Crippen LogP contribution is 2.28. The van der Waals surface area contributed by atoms with E-state index in [0.717, 1.165) is 5.69 Å². The van der Waals surface area contributed by atoms with Crippen LogP contribution in [-0.2, 0) is 14.3 Å². The Labute approximate surface area is 187 Å². The molecule has 1 aliphatic rings. The molecule has 0 atom stereocenters. The number of rotatable bonds is 10. The molecule has 1 heterocycles. The smallest absolute Gasteiger partial charge is 0.245 e. The molecule has 0 fully saturated rings. The first-order valence-electron chi connectivity index (χ1n) is 8.77. The highest BCUT2D eigenvalue weighted by atomic mass is 127. The second kappa shape index (κ2) is 12.4. The maximum absolute atomic E-state index is 12.0. The van der Waals surface area contributed by atoms with E-state index in [0.29, 0.717) is 61.4 Å². The SMILES string of the molecule is O=C(COCCNI)NCCCC(=O)NC1=NN(c2ccc(Cl)c(Cl)c2)CC1. The Kier molecular flexibility index (Phi) is 10.3. The van der Waals surface area contributed by atoms with Crippen LogP contribution >= 0.6 is 46.1 Å². The predicted octanol–water partition coefficient (Wildman–Crippen LogP) is 2.49. The second-order valence-corrected chi connectivity index (χ2v) is 7.53. The number of hydrogen-bond donors (Lipinski definition) is 3. The highest BCUT2D eigenvalue weighted by molar-refractivity contribution is 14.1. The van der Waals surface area contributed by atoms with Crippen molar-refractivity contribution < 1.29 is 14.3 Å². The number of amidine groups is 1. The van der Waals surface area contributed by atoms with Gasteiger partial charge in [0, 0.05) is 55.3 Å². The van der Waals surface area contributed by atoms with Crippen LogP contribution in [0.5, 0.6) is 0 Å². The molecule has 0 bridgehead atoms. The molecule has 8 nitrogen and oxygen atoms in total. The topological polar surface area (TPSA) is 95.1 Å². The van der Waals surface area contributed by atoms with Gasteiger partial charge in [-0.2, -0.15) is 5.10 Å². The molecule has 0 saturated heterocycles. The van der Waals surface area contributed by atoms with Gasteiger partial charge in [0.15, 0.2) is 0 Å². The summed E-state index contributed by atoms with van der Waals surface area (Å²) < 4.78 is 8.07. The lowest BCUT2D eigenvalue weighted by Gasteiger charge is -2.13. The van der Waals surface area contributed by atoms with E-state index in [1.165, 1.54) is 0 Å². The first-order valence-corrected chi connectivity index (χ1v) is 10.6. The second-order valence-electron chi connectivity index (χ2n) is 5.96. The van der Waals surface area contributed by atoms with E-state index >= 15 is 0 Å². The fourth-order valence-corrected chi connectivity index (χ4v) is 2.92. The van der Waals surface area contributed by atoms with Crippen molar-refractivity contribution in [1.82, 2.24) is 14.2 Å². The minimum Gasteiger partial charge on any atom is -0.370 e. The molecule has 2 rings (SSSR count). The van der Waals surface area contributed by atoms with E-state index in [2.05, 4.69) is 19.3 Å². The third kappa shape index (κ3) is 8.08. The number of carbonyl (C=O) groups is 2. The number of ether oxygens (including phenoxy) is 1. The molecule has 0 radical (unpaired) electrons. The Morgan fingerprint density at radius 3 is 2.79 bits per heavy atom. The van der Waals surface area contributed by atoms with Crippen LogP contribution < -0.4 is 19.2 Å². The lowest BCUT2D eigenvalue weighted by atomic mass is 10.3. The number of anilines is 1. The molecule has 1 aromatic rings. The largest absolute Gasteiger partial charge is 0.370 e. The average Bonchev–Trinajstić information content (AvgIpc) is 3.13. The molecule has 1 aromatic carbocycles. The van der Waals surface area contributed by atoms with Gasteiger partial charge in [0.2, 0.25) is 11.8 Å². The number of nitrogens with one attached hydrogen (secondary N) is 3. The van der Waals surface area contributed by atoms with Gasteiger partial charge in [0.05, 0.1) is 22.3 Å². The van der Waals surface area contributed by atoms with Crippen LogP contribution in [0.4, 0.5) is 5.69 Å². The quantitative estimate of drug-likeness (QED) is 0.240. The van der Waals surface area contributed by atoms with Gasteiger partial charge in [-0.1, -0.05) is 23.2 Å². The summed E-state index contributed by atoms with van der Waals surface area (Å²) in [6.07, 6.45) is 1.47. The van der Waals surface area contributed by atoms with E-state index in [4.69, 9.17) is 27.9 Å². The molecular formula is C17H22Cl2IN5O3. The Morgan fingerprint density at radius 1 is 1.21 bits per heavy atom. The van der Waals surface area contributed by atoms with Gasteiger partial charge in [-0.25, -0.2) is 0 Å². The van der Waals surface area contributed by atoms with E-state index in [-0.39, 0.29) is 18.4 Å². The lowest BCUT2D eigenvalue weighted by molar-refractivity contribution is -0.126. The highest BCUT2D eigenvalue weighted by Gasteiger charge is 2.18. The number of carbonyl (C=O) groups excluding carboxylic acids is 2. The number of hydrazone groups is 1. The van der Waals surface area contributed by atoms with Gasteiger partial charge in [-0.3, -0.25) is 18.1 Å². The maximum Gasteiger partial charge on any atom is 0.245 e. The van der Waals surface area contributed by atoms with Crippen LogP contribution in [0.2, 0.25) is 10.0 Å². The van der Waals surface area contributed by atoms with Crippen LogP contribution in [0.25, 0.3) is 0 Å². The van der Waals surface area contributed by atoms with Crippen LogP contribution in [0.15, 0.2) is 23.3 Å². The number of hydrogen-bond acceptors (Lipinski definition) is 6. The number of nitrogens with zero attached hydrogens (tertiary/aromatic N) is 2. The summed E-state index contributed by atoms with van der Waals surface area (Å²) in [5.74, 6) is 0.289. The first kappa shape index (κ1) is 23.1. The molecule has 2 amide bonds. The van der Waals surface area contributed by atoms with Crippen LogP contribution in [0, 0.1) is 0 Å². The summed E-state index contributed by atoms with van der Waals surface area (Å²) in [4.78, 5) is 23.6. The Morgan fingerprint density at radius 2 is 2.04 bits per heavy atom. The third-order valence-corrected chi connectivity index (χ3v) is 5.04. The van der Waals surface area contributed by atoms with Gasteiger partial charge in [0.1, 0.15) is 12.4 Å². The van der Waals surface area contributed by atoms with Crippen molar-refractivity contribution in [3.05, 3.63) is 28.2 Å². The maximum atomic E-state index is 12.0. The van der Waals surface area contributed by atoms with Crippen molar-refractivity contribution >= 4 is 69.4 Å². The Bertz CT molecular complexity index is 720. The van der Waals surface area contributed by atoms with Crippen molar-refractivity contribution in [2.75, 3.05) is 37.9 Å². The standard InChI is InChI=1S/C17H22Cl2IN5O3/c18-13-4-3-12(10-14(13)19)25-8-5-15(24-25)23-16(26)2-1-6-21-17(27)11-28-9-7-22-20/h3-4,10,22H,1-2,5-9,11H2,(H,21,27)(H,23,24,26). The fourth-order valence-electron chi connectivity index (χ4n) is 2.40. The van der Waals surface area contributed by atoms with Gasteiger partial charge in [-0.15, -0.1) is 0 Å². The molecule has 0 saturated carbocycles. The van der Waals surface area contributed by atoms with Gasteiger partial charge < -0.3 is 15.4 Å². The Hall–Kier alpha value is -1.14. The molecule has 0 unspecified atom stereocenters. The molecule has 1 aliphatic heterocycles. The number of amides is 2. The molecule has 11 heteroatoms. The molecule has 28 heavy (non-hydrogen) atoms. The average molecular weight is 542 g/mol. The zero-order valence-corrected chi connectivity index (χ0v) is 18.8. The Balaban J connectivity index is 1.65. The van der Waals surface area contributed by atoms with Crippen LogP contribution in [0.3, 0.4) is 0 Å². The van der Waals surface area contributed by atoms with Gasteiger partial charge >= 0.3 is 0 Å². The van der Waals surface area contributed by atoms with E-state index in [9.17, 15) is 9.59 Å². The van der Waals surface area contributed by atoms with Crippen LogP contribution in [-0.4, -0.2) is 50.5 Å². The fraction of sp³-hybridized carbons (Fsp3) is 0.471. The monoisotopic (exact) mass is 541 g/mol. The van der Waals surface area contributed by atoms with E-state index < -0.39 is 0 Å². The minimum atomic E-state index is -0.189. The summed E-state index contributed by atoms with van der Waals surface area (Å²) in [7, 11) is 0. The third-order valence-electron chi connectivity index (χ3n) is 3.76. The van der Waals surface area contributed by atoms with Crippen molar-refractivity contribution in [2.24, 2.45) is 5.10 Å². The van der Waals surface area contributed by atoms with E-state index in [1.807, 2.05) is 28.9 Å². The zero-order chi connectivity index (χ0) is 20.4. The predicted molar refractivity (Wildman–Crippen MR) is 119 cm³/mol. The molecule has 0 spiro atoms. The zero-order valence-electron chi connectivity index (χ0n) is 15.1. The van der Waals surface area contributed by atoms with Crippen molar-refractivity contribution in [3.8, 4) is 0 Å². The van der Waals surface area contributed by atoms with Gasteiger partial charge in [-0.05, 0) is 24.6 Å². The van der Waals surface area contributed by atoms with Crippen LogP contribution in [0.1, 0.15) is 19.3 Å². The summed E-state index contributed by atoms with van der Waals surface area (Å²) in [6.45, 7) is 2.24. The normalized spacial score (nSPS) is 13.4. The first-order chi connectivity index (χ1) is 13.5. The molecule has 3 N–H and O–H groups in total. The van der Waals surface area contributed by atoms with Crippen molar-refractivity contribution in [3.63, 3.8) is 0 Å². The van der Waals surface area contributed by atoms with Crippen molar-refractivity contribution in [1.29, 1.82) is 0 Å². The molecular weight excluding hydrogens is 520 g/mol. The summed E-state index contributed by atoms with van der Waals surface area (Å²) >= 11 is 14.0. The summed E-state index contributed by atoms with van der Waals surface area (Å²) in [6, 6.07) is 5.28. The summed E-state index contributed by atoms with van der Waals surface area (Å²) in [5.41, 5.74) is 0.817. The lowest BCUT2D eigenvalue weighted by Crippen LogP contribution is -2.32. The van der Waals surface area contributed by atoms with Crippen molar-refractivity contribution in [2.45, 2.75) is 19.3 Å². The number of benzene rings is 1. The van der Waals surface area contributed by atoms with E-state index in [1.54, 1.807) is 17.1 Å². The van der Waals surface area contributed by atoms with Gasteiger partial charge in [0.25, 0.3) is 0 Å². The molecule has 0 aromatic heterocycles. The summed E-state index contributed by atoms with van der Waals surface area (Å²) in [5, 5.41) is 12.6. The minimum absolute atomic E-state index is 0.0197.